The van der Waals surface area contributed by atoms with Gasteiger partial charge in [0, 0.05) is 25.7 Å². The van der Waals surface area contributed by atoms with Crippen LogP contribution in [0.2, 0.25) is 10.0 Å². The molecule has 1 aromatic carbocycles. The Morgan fingerprint density at radius 1 is 1.19 bits per heavy atom. The molecule has 3 rings (SSSR count). The van der Waals surface area contributed by atoms with Gasteiger partial charge in [0.05, 0.1) is 22.8 Å². The number of hydrogen-bond acceptors (Lipinski definition) is 4. The lowest BCUT2D eigenvalue weighted by Crippen LogP contribution is -2.53. The first-order valence-corrected chi connectivity index (χ1v) is 10.5. The minimum Gasteiger partial charge on any atom is -0.482 e. The molecule has 4 atom stereocenters. The Bertz CT molecular complexity index is 659. The van der Waals surface area contributed by atoms with Crippen LogP contribution in [0.25, 0.3) is 0 Å². The molecule has 0 spiro atoms. The molecule has 4 unspecified atom stereocenters. The highest BCUT2D eigenvalue weighted by atomic mass is 35.5. The van der Waals surface area contributed by atoms with Gasteiger partial charge in [-0.2, -0.15) is 0 Å². The predicted octanol–water partition coefficient (Wildman–Crippen LogP) is 5.26. The van der Waals surface area contributed by atoms with E-state index < -0.39 is 11.4 Å². The highest BCUT2D eigenvalue weighted by Gasteiger charge is 2.51. The quantitative estimate of drug-likeness (QED) is 0.655. The van der Waals surface area contributed by atoms with Crippen LogP contribution in [0.1, 0.15) is 41.0 Å². The molecule has 2 fully saturated rings. The second-order valence-corrected chi connectivity index (χ2v) is 9.66. The van der Waals surface area contributed by atoms with E-state index in [0.29, 0.717) is 22.4 Å². The van der Waals surface area contributed by atoms with E-state index in [1.807, 2.05) is 26.8 Å². The van der Waals surface area contributed by atoms with Crippen molar-refractivity contribution in [1.29, 1.82) is 0 Å². The number of ether oxygens (including phenoxy) is 3. The molecular formula is C21H31Cl2NO3. The van der Waals surface area contributed by atoms with Crippen LogP contribution in [-0.4, -0.2) is 48.6 Å². The zero-order chi connectivity index (χ0) is 19.8. The highest BCUT2D eigenvalue weighted by Crippen LogP contribution is 2.38. The summed E-state index contributed by atoms with van der Waals surface area (Å²) >= 11 is 12.1. The first kappa shape index (κ1) is 21.2. The van der Waals surface area contributed by atoms with E-state index in [2.05, 4.69) is 18.7 Å². The Hall–Kier alpha value is -0.520. The normalized spacial score (nSPS) is 32.6. The smallest absolute Gasteiger partial charge is 0.205 e. The van der Waals surface area contributed by atoms with Gasteiger partial charge < -0.3 is 19.1 Å². The van der Waals surface area contributed by atoms with Gasteiger partial charge in [-0.1, -0.05) is 37.0 Å². The number of hydrogen-bond donors (Lipinski definition) is 0. The molecule has 0 aromatic heterocycles. The maximum absolute atomic E-state index is 6.37. The minimum atomic E-state index is -0.837. The molecular weight excluding hydrogens is 385 g/mol. The molecule has 0 aliphatic carbocycles. The first-order chi connectivity index (χ1) is 12.6. The van der Waals surface area contributed by atoms with Crippen LogP contribution in [0, 0.1) is 11.8 Å². The highest BCUT2D eigenvalue weighted by molar-refractivity contribution is 6.42. The molecule has 2 heterocycles. The van der Waals surface area contributed by atoms with Gasteiger partial charge >= 0.3 is 0 Å². The van der Waals surface area contributed by atoms with E-state index in [9.17, 15) is 0 Å². The minimum absolute atomic E-state index is 0.0455. The van der Waals surface area contributed by atoms with Gasteiger partial charge in [-0.05, 0) is 51.2 Å². The summed E-state index contributed by atoms with van der Waals surface area (Å²) in [6.07, 6.45) is 1.35. The molecule has 6 heteroatoms. The van der Waals surface area contributed by atoms with Crippen LogP contribution in [0.4, 0.5) is 0 Å². The van der Waals surface area contributed by atoms with Crippen molar-refractivity contribution in [2.24, 2.45) is 11.8 Å². The summed E-state index contributed by atoms with van der Waals surface area (Å²) in [6, 6.07) is 5.26. The molecule has 0 radical (unpaired) electrons. The average Bonchev–Trinajstić information content (AvgIpc) is 2.92. The fourth-order valence-corrected chi connectivity index (χ4v) is 4.49. The van der Waals surface area contributed by atoms with Gasteiger partial charge in [-0.15, -0.1) is 0 Å². The zero-order valence-corrected chi connectivity index (χ0v) is 18.4. The fourth-order valence-electron chi connectivity index (χ4n) is 4.20. The lowest BCUT2D eigenvalue weighted by molar-refractivity contribution is -0.243. The number of benzene rings is 1. The molecule has 2 aliphatic rings. The SMILES string of the molecule is CC1CC(C)CN(CC2COC(C)(C(C)(C)Oc3ccc(Cl)c(Cl)c3)O2)C1. The maximum Gasteiger partial charge on any atom is 0.205 e. The van der Waals surface area contributed by atoms with Crippen LogP contribution < -0.4 is 4.74 Å². The van der Waals surface area contributed by atoms with E-state index in [-0.39, 0.29) is 6.10 Å². The second-order valence-electron chi connectivity index (χ2n) is 8.85. The molecule has 152 valence electrons. The molecule has 4 nitrogen and oxygen atoms in total. The van der Waals surface area contributed by atoms with E-state index in [1.165, 1.54) is 6.42 Å². The molecule has 2 saturated heterocycles. The summed E-state index contributed by atoms with van der Waals surface area (Å²) < 4.78 is 18.7. The van der Waals surface area contributed by atoms with E-state index in [1.54, 1.807) is 12.1 Å². The van der Waals surface area contributed by atoms with Crippen LogP contribution in [0.15, 0.2) is 18.2 Å². The molecule has 0 N–H and O–H groups in total. The molecule has 0 amide bonds. The summed E-state index contributed by atoms with van der Waals surface area (Å²) in [5, 5.41) is 0.973. The third-order valence-electron chi connectivity index (χ3n) is 5.70. The average molecular weight is 416 g/mol. The Morgan fingerprint density at radius 2 is 1.85 bits per heavy atom. The monoisotopic (exact) mass is 415 g/mol. The number of halogens is 2. The number of nitrogens with zero attached hydrogens (tertiary/aromatic N) is 1. The summed E-state index contributed by atoms with van der Waals surface area (Å²) in [4.78, 5) is 2.51. The fraction of sp³-hybridized carbons (Fsp3) is 0.714. The second kappa shape index (κ2) is 8.08. The molecule has 1 aromatic rings. The predicted molar refractivity (Wildman–Crippen MR) is 110 cm³/mol. The van der Waals surface area contributed by atoms with Crippen molar-refractivity contribution in [3.63, 3.8) is 0 Å². The third-order valence-corrected chi connectivity index (χ3v) is 6.44. The van der Waals surface area contributed by atoms with E-state index >= 15 is 0 Å². The van der Waals surface area contributed by atoms with Gasteiger partial charge in [-0.25, -0.2) is 0 Å². The zero-order valence-electron chi connectivity index (χ0n) is 16.9. The van der Waals surface area contributed by atoms with Crippen molar-refractivity contribution in [2.75, 3.05) is 26.2 Å². The van der Waals surface area contributed by atoms with Crippen molar-refractivity contribution in [2.45, 2.75) is 58.5 Å². The molecule has 27 heavy (non-hydrogen) atoms. The van der Waals surface area contributed by atoms with Gasteiger partial charge in [0.15, 0.2) is 5.60 Å². The summed E-state index contributed by atoms with van der Waals surface area (Å²) in [6.45, 7) is 14.3. The Labute approximate surface area is 173 Å². The van der Waals surface area contributed by atoms with Crippen molar-refractivity contribution < 1.29 is 14.2 Å². The van der Waals surface area contributed by atoms with Gasteiger partial charge in [0.2, 0.25) is 5.79 Å². The molecule has 0 bridgehead atoms. The topological polar surface area (TPSA) is 30.9 Å². The van der Waals surface area contributed by atoms with Gasteiger partial charge in [0.25, 0.3) is 0 Å². The van der Waals surface area contributed by atoms with Crippen molar-refractivity contribution in [3.05, 3.63) is 28.2 Å². The number of likely N-dealkylation sites (tertiary alicyclic amines) is 1. The van der Waals surface area contributed by atoms with Crippen molar-refractivity contribution >= 4 is 23.2 Å². The van der Waals surface area contributed by atoms with Crippen LogP contribution in [0.3, 0.4) is 0 Å². The summed E-state index contributed by atoms with van der Waals surface area (Å²) in [5.74, 6) is 1.27. The van der Waals surface area contributed by atoms with E-state index in [4.69, 9.17) is 37.4 Å². The lowest BCUT2D eigenvalue weighted by atomic mass is 9.92. The Morgan fingerprint density at radius 3 is 2.48 bits per heavy atom. The summed E-state index contributed by atoms with van der Waals surface area (Å²) in [5.41, 5.74) is -0.693. The van der Waals surface area contributed by atoms with Gasteiger partial charge in [-0.3, -0.25) is 0 Å². The van der Waals surface area contributed by atoms with Crippen LogP contribution in [0.5, 0.6) is 5.75 Å². The summed E-state index contributed by atoms with van der Waals surface area (Å²) in [7, 11) is 0. The number of piperidine rings is 1. The van der Waals surface area contributed by atoms with Crippen LogP contribution >= 0.6 is 23.2 Å². The third kappa shape index (κ3) is 4.91. The van der Waals surface area contributed by atoms with Crippen molar-refractivity contribution in [3.8, 4) is 5.75 Å². The van der Waals surface area contributed by atoms with Gasteiger partial charge in [0.1, 0.15) is 5.75 Å². The standard InChI is InChI=1S/C21H31Cl2NO3/c1-14-8-15(2)11-24(10-14)12-17-13-25-21(5,27-17)20(3,4)26-16-6-7-18(22)19(23)9-16/h6-7,9,14-15,17H,8,10-13H2,1-5H3. The van der Waals surface area contributed by atoms with E-state index in [0.717, 1.165) is 31.5 Å². The molecule has 2 aliphatic heterocycles. The Balaban J connectivity index is 1.62. The lowest BCUT2D eigenvalue weighted by Gasteiger charge is -2.40. The maximum atomic E-state index is 6.37. The first-order valence-electron chi connectivity index (χ1n) is 9.76. The molecule has 0 saturated carbocycles. The number of rotatable bonds is 5. The Kier molecular flexibility index (Phi) is 6.34. The van der Waals surface area contributed by atoms with Crippen LogP contribution in [-0.2, 0) is 9.47 Å². The largest absolute Gasteiger partial charge is 0.482 e. The van der Waals surface area contributed by atoms with Crippen molar-refractivity contribution in [1.82, 2.24) is 4.90 Å².